The van der Waals surface area contributed by atoms with Gasteiger partial charge in [0.25, 0.3) is 5.91 Å². The highest BCUT2D eigenvalue weighted by Crippen LogP contribution is 2.27. The van der Waals surface area contributed by atoms with Gasteiger partial charge in [-0.2, -0.15) is 0 Å². The lowest BCUT2D eigenvalue weighted by Gasteiger charge is -2.41. The van der Waals surface area contributed by atoms with Crippen molar-refractivity contribution in [3.05, 3.63) is 16.3 Å². The molecule has 1 amide bonds. The summed E-state index contributed by atoms with van der Waals surface area (Å²) in [5.74, 6) is 0.771. The van der Waals surface area contributed by atoms with Crippen LogP contribution < -0.4 is 5.73 Å². The van der Waals surface area contributed by atoms with Gasteiger partial charge in [-0.25, -0.2) is 0 Å². The first-order chi connectivity index (χ1) is 10.7. The van der Waals surface area contributed by atoms with Crippen LogP contribution in [0.3, 0.4) is 0 Å². The quantitative estimate of drug-likeness (QED) is 0.923. The lowest BCUT2D eigenvalue weighted by atomic mass is 9.89. The molecule has 2 aliphatic rings. The van der Waals surface area contributed by atoms with Crippen molar-refractivity contribution in [3.8, 4) is 0 Å². The normalized spacial score (nSPS) is 22.7. The maximum absolute atomic E-state index is 12.5. The minimum absolute atomic E-state index is 0.102. The van der Waals surface area contributed by atoms with Gasteiger partial charge in [0.15, 0.2) is 0 Å². The van der Waals surface area contributed by atoms with Crippen LogP contribution in [0.15, 0.2) is 11.4 Å². The molecule has 0 spiro atoms. The van der Waals surface area contributed by atoms with Crippen LogP contribution in [0, 0.1) is 5.92 Å². The van der Waals surface area contributed by atoms with E-state index in [4.69, 9.17) is 10.5 Å². The van der Waals surface area contributed by atoms with Gasteiger partial charge < -0.3 is 15.4 Å². The molecular formula is C16H25N3O2S. The Morgan fingerprint density at radius 1 is 1.32 bits per heavy atom. The van der Waals surface area contributed by atoms with E-state index in [1.54, 1.807) is 0 Å². The minimum Gasteiger partial charge on any atom is -0.397 e. The summed E-state index contributed by atoms with van der Waals surface area (Å²) in [7, 11) is 0. The van der Waals surface area contributed by atoms with Gasteiger partial charge in [-0.15, -0.1) is 11.3 Å². The number of piperidine rings is 1. The Kier molecular flexibility index (Phi) is 5.00. The zero-order valence-corrected chi connectivity index (χ0v) is 14.0. The van der Waals surface area contributed by atoms with Crippen LogP contribution in [0.4, 0.5) is 5.69 Å². The predicted octanol–water partition coefficient (Wildman–Crippen LogP) is 1.90. The smallest absolute Gasteiger partial charge is 0.266 e. The molecule has 0 aromatic carbocycles. The molecule has 22 heavy (non-hydrogen) atoms. The molecule has 1 aromatic rings. The summed E-state index contributed by atoms with van der Waals surface area (Å²) in [5, 5.41) is 1.88. The van der Waals surface area contributed by atoms with E-state index in [2.05, 4.69) is 11.8 Å². The van der Waals surface area contributed by atoms with Crippen molar-refractivity contribution in [3.63, 3.8) is 0 Å². The fourth-order valence-corrected chi connectivity index (χ4v) is 4.29. The maximum Gasteiger partial charge on any atom is 0.266 e. The van der Waals surface area contributed by atoms with E-state index in [-0.39, 0.29) is 5.91 Å². The van der Waals surface area contributed by atoms with Gasteiger partial charge in [0, 0.05) is 32.2 Å². The predicted molar refractivity (Wildman–Crippen MR) is 89.2 cm³/mol. The van der Waals surface area contributed by atoms with Gasteiger partial charge in [-0.05, 0) is 37.1 Å². The van der Waals surface area contributed by atoms with Crippen LogP contribution in [-0.2, 0) is 4.74 Å². The molecule has 0 radical (unpaired) electrons. The first-order valence-electron chi connectivity index (χ1n) is 8.11. The Balaban J connectivity index is 1.53. The van der Waals surface area contributed by atoms with Crippen molar-refractivity contribution in [2.24, 2.45) is 5.92 Å². The Bertz CT molecular complexity index is 505. The number of likely N-dealkylation sites (tertiary alicyclic amines) is 1. The van der Waals surface area contributed by atoms with Crippen LogP contribution in [0.5, 0.6) is 0 Å². The number of amides is 1. The van der Waals surface area contributed by atoms with E-state index in [1.807, 2.05) is 16.3 Å². The molecule has 3 heterocycles. The second-order valence-electron chi connectivity index (χ2n) is 6.22. The van der Waals surface area contributed by atoms with E-state index in [0.29, 0.717) is 22.5 Å². The van der Waals surface area contributed by atoms with E-state index < -0.39 is 0 Å². The molecule has 6 heteroatoms. The number of nitrogen functional groups attached to an aromatic ring is 1. The molecule has 2 fully saturated rings. The van der Waals surface area contributed by atoms with E-state index in [0.717, 1.165) is 52.2 Å². The van der Waals surface area contributed by atoms with Crippen LogP contribution >= 0.6 is 11.3 Å². The van der Waals surface area contributed by atoms with Gasteiger partial charge >= 0.3 is 0 Å². The number of rotatable bonds is 3. The molecule has 0 unspecified atom stereocenters. The van der Waals surface area contributed by atoms with Gasteiger partial charge in [0.2, 0.25) is 0 Å². The summed E-state index contributed by atoms with van der Waals surface area (Å²) in [6.07, 6.45) is 2.16. The largest absolute Gasteiger partial charge is 0.397 e. The van der Waals surface area contributed by atoms with Crippen molar-refractivity contribution in [1.82, 2.24) is 9.80 Å². The second-order valence-corrected chi connectivity index (χ2v) is 7.14. The Morgan fingerprint density at radius 2 is 2.00 bits per heavy atom. The van der Waals surface area contributed by atoms with Crippen molar-refractivity contribution in [2.75, 3.05) is 45.1 Å². The number of ether oxygens (including phenoxy) is 1. The molecule has 2 N–H and O–H groups in total. The number of carbonyl (C=O) groups is 1. The third-order valence-corrected chi connectivity index (χ3v) is 5.94. The zero-order valence-electron chi connectivity index (χ0n) is 13.2. The third-order valence-electron chi connectivity index (χ3n) is 5.02. The van der Waals surface area contributed by atoms with Crippen LogP contribution in [0.25, 0.3) is 0 Å². The Labute approximate surface area is 136 Å². The SMILES string of the molecule is C[C@@H](C1CCN(C(=O)c2sccc2N)CC1)N1CCOCC1. The van der Waals surface area contributed by atoms with Gasteiger partial charge in [-0.3, -0.25) is 9.69 Å². The molecule has 122 valence electrons. The molecule has 2 saturated heterocycles. The standard InChI is InChI=1S/C16H25N3O2S/c1-12(18-7-9-21-10-8-18)13-2-5-19(6-3-13)16(20)15-14(17)4-11-22-15/h4,11-13H,2-3,5-10,17H2,1H3/t12-/m0/s1. The highest BCUT2D eigenvalue weighted by atomic mass is 32.1. The van der Waals surface area contributed by atoms with Crippen molar-refractivity contribution >= 4 is 22.9 Å². The summed E-state index contributed by atoms with van der Waals surface area (Å²) in [6.45, 7) is 7.77. The van der Waals surface area contributed by atoms with Crippen molar-refractivity contribution in [1.29, 1.82) is 0 Å². The van der Waals surface area contributed by atoms with Gasteiger partial charge in [-0.1, -0.05) is 0 Å². The van der Waals surface area contributed by atoms with Gasteiger partial charge in [0.05, 0.1) is 18.9 Å². The number of carbonyl (C=O) groups excluding carboxylic acids is 1. The molecular weight excluding hydrogens is 298 g/mol. The zero-order chi connectivity index (χ0) is 15.5. The van der Waals surface area contributed by atoms with E-state index in [1.165, 1.54) is 11.3 Å². The van der Waals surface area contributed by atoms with Gasteiger partial charge in [0.1, 0.15) is 4.88 Å². The average Bonchev–Trinajstić information content (AvgIpc) is 3.00. The molecule has 2 aliphatic heterocycles. The minimum atomic E-state index is 0.102. The fourth-order valence-electron chi connectivity index (χ4n) is 3.50. The topological polar surface area (TPSA) is 58.8 Å². The summed E-state index contributed by atoms with van der Waals surface area (Å²) < 4.78 is 5.43. The van der Waals surface area contributed by atoms with Crippen LogP contribution in [0.2, 0.25) is 0 Å². The number of nitrogens with two attached hydrogens (primary N) is 1. The first kappa shape index (κ1) is 15.8. The Morgan fingerprint density at radius 3 is 2.59 bits per heavy atom. The number of anilines is 1. The number of thiophene rings is 1. The molecule has 0 aliphatic carbocycles. The molecule has 3 rings (SSSR count). The third kappa shape index (κ3) is 3.29. The van der Waals surface area contributed by atoms with Crippen molar-refractivity contribution < 1.29 is 9.53 Å². The number of hydrogen-bond donors (Lipinski definition) is 1. The first-order valence-corrected chi connectivity index (χ1v) is 8.99. The summed E-state index contributed by atoms with van der Waals surface area (Å²) >= 11 is 1.44. The molecule has 1 aromatic heterocycles. The van der Waals surface area contributed by atoms with Crippen LogP contribution in [0.1, 0.15) is 29.4 Å². The Hall–Kier alpha value is -1.11. The van der Waals surface area contributed by atoms with E-state index >= 15 is 0 Å². The molecule has 0 saturated carbocycles. The molecule has 5 nitrogen and oxygen atoms in total. The molecule has 1 atom stereocenters. The monoisotopic (exact) mass is 323 g/mol. The number of nitrogens with zero attached hydrogens (tertiary/aromatic N) is 2. The fraction of sp³-hybridized carbons (Fsp3) is 0.688. The number of hydrogen-bond acceptors (Lipinski definition) is 5. The highest BCUT2D eigenvalue weighted by Gasteiger charge is 2.30. The lowest BCUT2D eigenvalue weighted by Crippen LogP contribution is -2.49. The lowest BCUT2D eigenvalue weighted by molar-refractivity contribution is -0.000914. The van der Waals surface area contributed by atoms with Crippen LogP contribution in [-0.4, -0.2) is 61.1 Å². The summed E-state index contributed by atoms with van der Waals surface area (Å²) in [6, 6.07) is 2.39. The number of morpholine rings is 1. The summed E-state index contributed by atoms with van der Waals surface area (Å²) in [5.41, 5.74) is 6.48. The van der Waals surface area contributed by atoms with E-state index in [9.17, 15) is 4.79 Å². The second kappa shape index (κ2) is 6.98. The highest BCUT2D eigenvalue weighted by molar-refractivity contribution is 7.12. The maximum atomic E-state index is 12.5. The van der Waals surface area contributed by atoms with Crippen molar-refractivity contribution in [2.45, 2.75) is 25.8 Å². The summed E-state index contributed by atoms with van der Waals surface area (Å²) in [4.78, 5) is 17.7. The average molecular weight is 323 g/mol. The molecule has 0 bridgehead atoms.